The summed E-state index contributed by atoms with van der Waals surface area (Å²) in [6, 6.07) is 7.05. The van der Waals surface area contributed by atoms with Gasteiger partial charge in [-0.1, -0.05) is 12.1 Å². The van der Waals surface area contributed by atoms with Crippen LogP contribution in [0, 0.1) is 0 Å². The number of imidazole rings is 1. The predicted molar refractivity (Wildman–Crippen MR) is 72.1 cm³/mol. The van der Waals surface area contributed by atoms with Gasteiger partial charge in [0.05, 0.1) is 19.3 Å². The molecule has 1 heterocycles. The van der Waals surface area contributed by atoms with Crippen molar-refractivity contribution >= 4 is 11.7 Å². The topological polar surface area (TPSA) is 70.2 Å². The number of nitrogens with zero attached hydrogens (tertiary/aromatic N) is 2. The van der Waals surface area contributed by atoms with E-state index in [0.29, 0.717) is 18.0 Å². The second-order valence-corrected chi connectivity index (χ2v) is 4.02. The molecule has 0 saturated heterocycles. The van der Waals surface area contributed by atoms with Gasteiger partial charge in [0.1, 0.15) is 11.6 Å². The van der Waals surface area contributed by atoms with E-state index in [-0.39, 0.29) is 6.03 Å². The SMILES string of the molecule is COc1ccccc1NC(=O)N(C)Cc1ncc[nH]1. The van der Waals surface area contributed by atoms with Crippen LogP contribution in [-0.2, 0) is 6.54 Å². The Kier molecular flexibility index (Phi) is 4.02. The fourth-order valence-electron chi connectivity index (χ4n) is 1.64. The Balaban J connectivity index is 2.00. The van der Waals surface area contributed by atoms with Gasteiger partial charge in [-0.15, -0.1) is 0 Å². The normalized spacial score (nSPS) is 10.0. The molecule has 2 rings (SSSR count). The summed E-state index contributed by atoms with van der Waals surface area (Å²) in [5, 5.41) is 2.79. The third-order valence-electron chi connectivity index (χ3n) is 2.64. The number of ether oxygens (including phenoxy) is 1. The first kappa shape index (κ1) is 12.9. The number of amides is 2. The zero-order valence-electron chi connectivity index (χ0n) is 10.9. The minimum Gasteiger partial charge on any atom is -0.495 e. The van der Waals surface area contributed by atoms with Gasteiger partial charge < -0.3 is 19.9 Å². The number of aromatic nitrogens is 2. The van der Waals surface area contributed by atoms with Crippen LogP contribution >= 0.6 is 0 Å². The molecule has 0 unspecified atom stereocenters. The van der Waals surface area contributed by atoms with Crippen LogP contribution in [0.2, 0.25) is 0 Å². The second-order valence-electron chi connectivity index (χ2n) is 4.02. The molecule has 0 atom stereocenters. The number of nitrogens with one attached hydrogen (secondary N) is 2. The van der Waals surface area contributed by atoms with E-state index in [2.05, 4.69) is 15.3 Å². The Bertz CT molecular complexity index is 539. The lowest BCUT2D eigenvalue weighted by molar-refractivity contribution is 0.219. The number of aromatic amines is 1. The quantitative estimate of drug-likeness (QED) is 0.884. The minimum absolute atomic E-state index is 0.221. The Hall–Kier alpha value is -2.50. The number of carbonyl (C=O) groups is 1. The van der Waals surface area contributed by atoms with Crippen molar-refractivity contribution in [2.75, 3.05) is 19.5 Å². The molecule has 0 aliphatic rings. The fraction of sp³-hybridized carbons (Fsp3) is 0.231. The highest BCUT2D eigenvalue weighted by Crippen LogP contribution is 2.23. The van der Waals surface area contributed by atoms with Gasteiger partial charge in [0, 0.05) is 19.4 Å². The number of urea groups is 1. The molecule has 19 heavy (non-hydrogen) atoms. The van der Waals surface area contributed by atoms with Crippen LogP contribution in [0.25, 0.3) is 0 Å². The molecule has 0 spiro atoms. The van der Waals surface area contributed by atoms with Gasteiger partial charge in [-0.05, 0) is 12.1 Å². The number of hydrogen-bond acceptors (Lipinski definition) is 3. The molecule has 100 valence electrons. The number of anilines is 1. The molecule has 0 fully saturated rings. The molecule has 2 aromatic rings. The highest BCUT2D eigenvalue weighted by molar-refractivity contribution is 5.90. The van der Waals surface area contributed by atoms with E-state index in [1.54, 1.807) is 38.7 Å². The van der Waals surface area contributed by atoms with Gasteiger partial charge >= 0.3 is 6.03 Å². The van der Waals surface area contributed by atoms with Gasteiger partial charge in [0.2, 0.25) is 0 Å². The van der Waals surface area contributed by atoms with Crippen LogP contribution in [0.4, 0.5) is 10.5 Å². The summed E-state index contributed by atoms with van der Waals surface area (Å²) in [5.41, 5.74) is 0.640. The molecular weight excluding hydrogens is 244 g/mol. The van der Waals surface area contributed by atoms with Gasteiger partial charge in [-0.2, -0.15) is 0 Å². The first-order valence-corrected chi connectivity index (χ1v) is 5.84. The standard InChI is InChI=1S/C13H16N4O2/c1-17(9-12-14-7-8-15-12)13(18)16-10-5-3-4-6-11(10)19-2/h3-8H,9H2,1-2H3,(H,14,15)(H,16,18). The summed E-state index contributed by atoms with van der Waals surface area (Å²) in [7, 11) is 3.27. The zero-order chi connectivity index (χ0) is 13.7. The average molecular weight is 260 g/mol. The van der Waals surface area contributed by atoms with Crippen molar-refractivity contribution in [2.45, 2.75) is 6.54 Å². The number of H-pyrrole nitrogens is 1. The smallest absolute Gasteiger partial charge is 0.322 e. The molecule has 1 aromatic carbocycles. The van der Waals surface area contributed by atoms with Crippen molar-refractivity contribution in [3.05, 3.63) is 42.5 Å². The largest absolute Gasteiger partial charge is 0.495 e. The molecule has 0 aliphatic carbocycles. The van der Waals surface area contributed by atoms with Crippen molar-refractivity contribution < 1.29 is 9.53 Å². The van der Waals surface area contributed by atoms with Crippen LogP contribution in [0.1, 0.15) is 5.82 Å². The number of rotatable bonds is 4. The summed E-state index contributed by atoms with van der Waals surface area (Å²) in [6.07, 6.45) is 3.38. The molecule has 6 heteroatoms. The summed E-state index contributed by atoms with van der Waals surface area (Å²) >= 11 is 0. The lowest BCUT2D eigenvalue weighted by Crippen LogP contribution is -2.31. The molecule has 0 saturated carbocycles. The molecule has 0 aliphatic heterocycles. The van der Waals surface area contributed by atoms with Crippen molar-refractivity contribution in [1.82, 2.24) is 14.9 Å². The van der Waals surface area contributed by atoms with E-state index in [1.165, 1.54) is 4.90 Å². The van der Waals surface area contributed by atoms with Crippen LogP contribution in [0.15, 0.2) is 36.7 Å². The Morgan fingerprint density at radius 1 is 1.47 bits per heavy atom. The van der Waals surface area contributed by atoms with Crippen molar-refractivity contribution in [3.8, 4) is 5.75 Å². The van der Waals surface area contributed by atoms with E-state index in [0.717, 1.165) is 5.82 Å². The maximum atomic E-state index is 12.0. The summed E-state index contributed by atoms with van der Waals surface area (Å²) in [6.45, 7) is 0.411. The number of para-hydroxylation sites is 2. The molecular formula is C13H16N4O2. The third kappa shape index (κ3) is 3.25. The maximum absolute atomic E-state index is 12.0. The zero-order valence-corrected chi connectivity index (χ0v) is 10.9. The number of benzene rings is 1. The lowest BCUT2D eigenvalue weighted by atomic mass is 10.3. The van der Waals surface area contributed by atoms with Gasteiger partial charge in [-0.3, -0.25) is 0 Å². The highest BCUT2D eigenvalue weighted by atomic mass is 16.5. The van der Waals surface area contributed by atoms with Crippen LogP contribution in [0.5, 0.6) is 5.75 Å². The number of carbonyl (C=O) groups excluding carboxylic acids is 1. The molecule has 2 N–H and O–H groups in total. The van der Waals surface area contributed by atoms with E-state index in [9.17, 15) is 4.79 Å². The first-order valence-electron chi connectivity index (χ1n) is 5.84. The van der Waals surface area contributed by atoms with Gasteiger partial charge in [0.25, 0.3) is 0 Å². The lowest BCUT2D eigenvalue weighted by Gasteiger charge is -2.17. The molecule has 1 aromatic heterocycles. The first-order chi connectivity index (χ1) is 9.20. The van der Waals surface area contributed by atoms with E-state index in [4.69, 9.17) is 4.74 Å². The summed E-state index contributed by atoms with van der Waals surface area (Å²) in [5.74, 6) is 1.36. The Labute approximate surface area is 111 Å². The monoisotopic (exact) mass is 260 g/mol. The van der Waals surface area contributed by atoms with Crippen molar-refractivity contribution in [2.24, 2.45) is 0 Å². The van der Waals surface area contributed by atoms with Gasteiger partial charge in [0.15, 0.2) is 0 Å². The highest BCUT2D eigenvalue weighted by Gasteiger charge is 2.12. The summed E-state index contributed by atoms with van der Waals surface area (Å²) < 4.78 is 5.18. The van der Waals surface area contributed by atoms with Crippen molar-refractivity contribution in [1.29, 1.82) is 0 Å². The van der Waals surface area contributed by atoms with E-state index >= 15 is 0 Å². The Morgan fingerprint density at radius 3 is 2.95 bits per heavy atom. The molecule has 2 amide bonds. The van der Waals surface area contributed by atoms with E-state index < -0.39 is 0 Å². The van der Waals surface area contributed by atoms with Crippen LogP contribution < -0.4 is 10.1 Å². The summed E-state index contributed by atoms with van der Waals surface area (Å²) in [4.78, 5) is 20.6. The number of methoxy groups -OCH3 is 1. The second kappa shape index (κ2) is 5.90. The van der Waals surface area contributed by atoms with Crippen LogP contribution in [0.3, 0.4) is 0 Å². The minimum atomic E-state index is -0.221. The molecule has 0 bridgehead atoms. The van der Waals surface area contributed by atoms with Crippen molar-refractivity contribution in [3.63, 3.8) is 0 Å². The van der Waals surface area contributed by atoms with Gasteiger partial charge in [-0.25, -0.2) is 9.78 Å². The maximum Gasteiger partial charge on any atom is 0.322 e. The molecule has 0 radical (unpaired) electrons. The van der Waals surface area contributed by atoms with E-state index in [1.807, 2.05) is 12.1 Å². The number of hydrogen-bond donors (Lipinski definition) is 2. The Morgan fingerprint density at radius 2 is 2.26 bits per heavy atom. The average Bonchev–Trinajstić information content (AvgIpc) is 2.92. The van der Waals surface area contributed by atoms with Crippen LogP contribution in [-0.4, -0.2) is 35.1 Å². The third-order valence-corrected chi connectivity index (χ3v) is 2.64. The fourth-order valence-corrected chi connectivity index (χ4v) is 1.64. The molecule has 6 nitrogen and oxygen atoms in total. The predicted octanol–water partition coefficient (Wildman–Crippen LogP) is 2.08.